The van der Waals surface area contributed by atoms with Gasteiger partial charge >= 0.3 is 0 Å². The van der Waals surface area contributed by atoms with Crippen molar-refractivity contribution >= 4 is 28.8 Å². The number of aromatic nitrogens is 4. The highest BCUT2D eigenvalue weighted by Gasteiger charge is 2.11. The Bertz CT molecular complexity index is 985. The number of hydrogen-bond donors (Lipinski definition) is 1. The van der Waals surface area contributed by atoms with Gasteiger partial charge in [-0.25, -0.2) is 4.98 Å². The zero-order valence-corrected chi connectivity index (χ0v) is 12.0. The van der Waals surface area contributed by atoms with Crippen molar-refractivity contribution in [2.24, 2.45) is 0 Å². The molecule has 1 N–H and O–H groups in total. The van der Waals surface area contributed by atoms with Gasteiger partial charge in [-0.15, -0.1) is 0 Å². The van der Waals surface area contributed by atoms with E-state index in [1.54, 1.807) is 0 Å². The predicted molar refractivity (Wildman–Crippen MR) is 84.9 cm³/mol. The third kappa shape index (κ3) is 2.02. The molecule has 0 aliphatic carbocycles. The highest BCUT2D eigenvalue weighted by atomic mass is 32.1. The van der Waals surface area contributed by atoms with E-state index in [-0.39, 0.29) is 0 Å². The first kappa shape index (κ1) is 12.2. The van der Waals surface area contributed by atoms with Crippen molar-refractivity contribution in [3.63, 3.8) is 0 Å². The molecule has 0 unspecified atom stereocenters. The number of nitrogens with zero attached hydrogens (tertiary/aromatic N) is 3. The van der Waals surface area contributed by atoms with Crippen LogP contribution in [0.4, 0.5) is 0 Å². The first-order valence-corrected chi connectivity index (χ1v) is 7.12. The second kappa shape index (κ2) is 4.79. The van der Waals surface area contributed by atoms with Crippen LogP contribution < -0.4 is 0 Å². The average Bonchev–Trinajstić information content (AvgIpc) is 2.91. The fourth-order valence-corrected chi connectivity index (χ4v) is 2.80. The average molecular weight is 292 g/mol. The number of para-hydroxylation sites is 1. The fraction of sp³-hybridized carbons (Fsp3) is 0.0625. The molecular formula is C16H12N4S. The van der Waals surface area contributed by atoms with E-state index in [0.29, 0.717) is 4.77 Å². The van der Waals surface area contributed by atoms with E-state index in [0.717, 1.165) is 28.8 Å². The molecule has 4 aromatic rings. The van der Waals surface area contributed by atoms with Gasteiger partial charge in [-0.1, -0.05) is 42.5 Å². The SMILES string of the molecule is S=c1[nH]nc2c3ccccc3nc(Cc3ccccc3)n12. The van der Waals surface area contributed by atoms with Crippen molar-refractivity contribution in [1.82, 2.24) is 19.6 Å². The first-order valence-electron chi connectivity index (χ1n) is 6.71. The monoisotopic (exact) mass is 292 g/mol. The van der Waals surface area contributed by atoms with E-state index in [9.17, 15) is 0 Å². The Hall–Kier alpha value is -2.53. The molecule has 2 heterocycles. The smallest absolute Gasteiger partial charge is 0.201 e. The third-order valence-corrected chi connectivity index (χ3v) is 3.80. The number of rotatable bonds is 2. The number of aromatic amines is 1. The van der Waals surface area contributed by atoms with Crippen LogP contribution in [0.2, 0.25) is 0 Å². The van der Waals surface area contributed by atoms with E-state index >= 15 is 0 Å². The summed E-state index contributed by atoms with van der Waals surface area (Å²) in [6.45, 7) is 0. The summed E-state index contributed by atoms with van der Waals surface area (Å²) >= 11 is 5.36. The van der Waals surface area contributed by atoms with Gasteiger partial charge in [-0.3, -0.25) is 9.50 Å². The minimum absolute atomic E-state index is 0.578. The Morgan fingerprint density at radius 1 is 1.00 bits per heavy atom. The lowest BCUT2D eigenvalue weighted by atomic mass is 10.1. The molecule has 0 aliphatic rings. The summed E-state index contributed by atoms with van der Waals surface area (Å²) in [5.74, 6) is 0.897. The lowest BCUT2D eigenvalue weighted by molar-refractivity contribution is 0.922. The van der Waals surface area contributed by atoms with Crippen LogP contribution in [0.5, 0.6) is 0 Å². The summed E-state index contributed by atoms with van der Waals surface area (Å²) in [7, 11) is 0. The second-order valence-corrected chi connectivity index (χ2v) is 5.28. The Labute approximate surface area is 126 Å². The van der Waals surface area contributed by atoms with Gasteiger partial charge in [-0.05, 0) is 29.9 Å². The molecule has 21 heavy (non-hydrogen) atoms. The summed E-state index contributed by atoms with van der Waals surface area (Å²) in [5.41, 5.74) is 2.96. The molecule has 0 fully saturated rings. The van der Waals surface area contributed by atoms with E-state index in [4.69, 9.17) is 17.2 Å². The van der Waals surface area contributed by atoms with Crippen LogP contribution in [0.15, 0.2) is 54.6 Å². The molecule has 0 saturated carbocycles. The highest BCUT2D eigenvalue weighted by molar-refractivity contribution is 7.71. The topological polar surface area (TPSA) is 46.0 Å². The van der Waals surface area contributed by atoms with Crippen molar-refractivity contribution in [3.8, 4) is 0 Å². The highest BCUT2D eigenvalue weighted by Crippen LogP contribution is 2.19. The van der Waals surface area contributed by atoms with Gasteiger partial charge in [0.2, 0.25) is 4.77 Å². The molecule has 4 rings (SSSR count). The fourth-order valence-electron chi connectivity index (χ4n) is 2.56. The number of benzene rings is 2. The zero-order chi connectivity index (χ0) is 14.2. The quantitative estimate of drug-likeness (QED) is 0.575. The van der Waals surface area contributed by atoms with Crippen LogP contribution in [0, 0.1) is 4.77 Å². The molecule has 0 bridgehead atoms. The molecule has 0 atom stereocenters. The van der Waals surface area contributed by atoms with Crippen LogP contribution in [0.25, 0.3) is 16.6 Å². The van der Waals surface area contributed by atoms with E-state index in [1.165, 1.54) is 5.56 Å². The molecular weight excluding hydrogens is 280 g/mol. The maximum Gasteiger partial charge on any atom is 0.201 e. The Morgan fingerprint density at radius 2 is 1.76 bits per heavy atom. The lowest BCUT2D eigenvalue weighted by Crippen LogP contribution is -2.03. The van der Waals surface area contributed by atoms with Crippen molar-refractivity contribution in [2.45, 2.75) is 6.42 Å². The van der Waals surface area contributed by atoms with Crippen molar-refractivity contribution in [3.05, 3.63) is 70.8 Å². The van der Waals surface area contributed by atoms with Gasteiger partial charge in [0, 0.05) is 11.8 Å². The Kier molecular flexibility index (Phi) is 2.79. The van der Waals surface area contributed by atoms with Crippen LogP contribution in [-0.2, 0) is 6.42 Å². The van der Waals surface area contributed by atoms with Crippen LogP contribution in [0.3, 0.4) is 0 Å². The molecule has 0 radical (unpaired) electrons. The van der Waals surface area contributed by atoms with E-state index in [1.807, 2.05) is 46.9 Å². The summed E-state index contributed by atoms with van der Waals surface area (Å²) in [6.07, 6.45) is 0.718. The third-order valence-electron chi connectivity index (χ3n) is 3.53. The standard InChI is InChI=1S/C16H12N4S/c21-16-19-18-15-12-8-4-5-9-13(12)17-14(20(15)16)10-11-6-2-1-3-7-11/h1-9H,10H2,(H,19,21). The van der Waals surface area contributed by atoms with Crippen molar-refractivity contribution < 1.29 is 0 Å². The van der Waals surface area contributed by atoms with Gasteiger partial charge in [0.25, 0.3) is 0 Å². The number of nitrogens with one attached hydrogen (secondary N) is 1. The normalized spacial score (nSPS) is 11.2. The van der Waals surface area contributed by atoms with Gasteiger partial charge in [0.05, 0.1) is 5.52 Å². The largest absolute Gasteiger partial charge is 0.255 e. The first-order chi connectivity index (χ1) is 10.3. The molecule has 102 valence electrons. The van der Waals surface area contributed by atoms with Gasteiger partial charge in [-0.2, -0.15) is 5.10 Å². The van der Waals surface area contributed by atoms with Crippen LogP contribution in [0.1, 0.15) is 11.4 Å². The summed E-state index contributed by atoms with van der Waals surface area (Å²) in [6, 6.07) is 18.2. The molecule has 0 amide bonds. The van der Waals surface area contributed by atoms with Crippen LogP contribution in [-0.4, -0.2) is 19.6 Å². The molecule has 5 heteroatoms. The van der Waals surface area contributed by atoms with Crippen molar-refractivity contribution in [2.75, 3.05) is 0 Å². The van der Waals surface area contributed by atoms with E-state index in [2.05, 4.69) is 22.3 Å². The van der Waals surface area contributed by atoms with Gasteiger partial charge in [0.1, 0.15) is 5.82 Å². The summed E-state index contributed by atoms with van der Waals surface area (Å²) in [4.78, 5) is 4.77. The molecule has 0 spiro atoms. The van der Waals surface area contributed by atoms with Crippen molar-refractivity contribution in [1.29, 1.82) is 0 Å². The summed E-state index contributed by atoms with van der Waals surface area (Å²) in [5, 5.41) is 8.23. The Balaban J connectivity index is 2.02. The van der Waals surface area contributed by atoms with E-state index < -0.39 is 0 Å². The maximum atomic E-state index is 5.36. The molecule has 0 aliphatic heterocycles. The molecule has 2 aromatic heterocycles. The van der Waals surface area contributed by atoms with Gasteiger partial charge < -0.3 is 0 Å². The predicted octanol–water partition coefficient (Wildman–Crippen LogP) is 3.53. The molecule has 0 saturated heterocycles. The number of fused-ring (bicyclic) bond motifs is 3. The van der Waals surface area contributed by atoms with Crippen LogP contribution >= 0.6 is 12.2 Å². The van der Waals surface area contributed by atoms with Gasteiger partial charge in [0.15, 0.2) is 5.65 Å². The summed E-state index contributed by atoms with van der Waals surface area (Å²) < 4.78 is 2.50. The minimum atomic E-state index is 0.578. The zero-order valence-electron chi connectivity index (χ0n) is 11.2. The maximum absolute atomic E-state index is 5.36. The molecule has 2 aromatic carbocycles. The number of H-pyrrole nitrogens is 1. The second-order valence-electron chi connectivity index (χ2n) is 4.90. The lowest BCUT2D eigenvalue weighted by Gasteiger charge is -2.07. The molecule has 4 nitrogen and oxygen atoms in total. The minimum Gasteiger partial charge on any atom is -0.255 e. The Morgan fingerprint density at radius 3 is 2.62 bits per heavy atom. The number of hydrogen-bond acceptors (Lipinski definition) is 3.